The van der Waals surface area contributed by atoms with Crippen LogP contribution in [0.4, 0.5) is 4.39 Å². The van der Waals surface area contributed by atoms with E-state index in [-0.39, 0.29) is 11.2 Å². The number of hydrogen-bond donors (Lipinski definition) is 0. The number of halogens is 1. The molecule has 5 aromatic rings. The van der Waals surface area contributed by atoms with Gasteiger partial charge in [-0.15, -0.1) is 0 Å². The molecule has 3 nitrogen and oxygen atoms in total. The van der Waals surface area contributed by atoms with E-state index in [1.165, 1.54) is 11.1 Å². The van der Waals surface area contributed by atoms with Gasteiger partial charge in [-0.1, -0.05) is 73.5 Å². The van der Waals surface area contributed by atoms with Crippen molar-refractivity contribution >= 4 is 16.8 Å². The molecule has 208 valence electrons. The van der Waals surface area contributed by atoms with Crippen molar-refractivity contribution in [1.82, 2.24) is 0 Å². The molecule has 2 aliphatic carbocycles. The molecule has 4 heteroatoms. The minimum atomic E-state index is -0.872. The van der Waals surface area contributed by atoms with Crippen LogP contribution in [0.15, 0.2) is 97.1 Å². The van der Waals surface area contributed by atoms with Crippen LogP contribution >= 0.6 is 0 Å². The van der Waals surface area contributed by atoms with Gasteiger partial charge in [0.15, 0.2) is 5.60 Å². The van der Waals surface area contributed by atoms with E-state index in [0.29, 0.717) is 0 Å². The summed E-state index contributed by atoms with van der Waals surface area (Å²) in [5.74, 6) is 2.29. The monoisotopic (exact) mass is 554 g/mol. The van der Waals surface area contributed by atoms with Gasteiger partial charge in [0.05, 0.1) is 14.2 Å². The van der Waals surface area contributed by atoms with Crippen molar-refractivity contribution in [2.75, 3.05) is 14.2 Å². The average Bonchev–Trinajstić information content (AvgIpc) is 3.65. The number of fused-ring (bicyclic) bond motifs is 10. The maximum atomic E-state index is 14.8. The van der Waals surface area contributed by atoms with E-state index in [2.05, 4.69) is 60.7 Å². The van der Waals surface area contributed by atoms with Gasteiger partial charge in [0.2, 0.25) is 0 Å². The smallest absolute Gasteiger partial charge is 0.178 e. The number of ether oxygens (including phenoxy) is 3. The number of rotatable bonds is 4. The lowest BCUT2D eigenvalue weighted by Gasteiger charge is -2.39. The van der Waals surface area contributed by atoms with Crippen LogP contribution in [0.25, 0.3) is 28.0 Å². The molecule has 0 aromatic heterocycles. The lowest BCUT2D eigenvalue weighted by molar-refractivity contribution is 0.163. The van der Waals surface area contributed by atoms with Gasteiger partial charge in [0.1, 0.15) is 23.1 Å². The minimum Gasteiger partial charge on any atom is -0.497 e. The summed E-state index contributed by atoms with van der Waals surface area (Å²) < 4.78 is 33.1. The molecule has 5 aromatic carbocycles. The second kappa shape index (κ2) is 9.22. The van der Waals surface area contributed by atoms with Gasteiger partial charge in [-0.25, -0.2) is 4.39 Å². The molecule has 0 unspecified atom stereocenters. The Balaban J connectivity index is 1.43. The van der Waals surface area contributed by atoms with Crippen molar-refractivity contribution in [2.24, 2.45) is 0 Å². The van der Waals surface area contributed by atoms with Crippen LogP contribution in [0.3, 0.4) is 0 Å². The van der Waals surface area contributed by atoms with E-state index in [1.807, 2.05) is 30.3 Å². The summed E-state index contributed by atoms with van der Waals surface area (Å²) in [4.78, 5) is 0. The van der Waals surface area contributed by atoms with Gasteiger partial charge >= 0.3 is 0 Å². The zero-order valence-electron chi connectivity index (χ0n) is 23.7. The lowest BCUT2D eigenvalue weighted by Crippen LogP contribution is -2.35. The standard InChI is InChI=1S/C38H31FO3/c1-40-27-14-9-24(10-15-27)38(25-11-16-28(41-2)17-12-25)22-19-32-35-34(29-7-3-4-8-30(29)36(32)42-38)31-18-13-26(39)23-33(31)37(35)20-5-6-21-37/h3-4,7-19,22-23H,5-6,20-21H2,1-2H3. The fraction of sp³-hybridized carbons (Fsp3) is 0.211. The first-order chi connectivity index (χ1) is 20.6. The fourth-order valence-corrected chi connectivity index (χ4v) is 7.79. The Morgan fingerprint density at radius 2 is 1.36 bits per heavy atom. The van der Waals surface area contributed by atoms with Crippen molar-refractivity contribution in [1.29, 1.82) is 0 Å². The minimum absolute atomic E-state index is 0.171. The molecule has 1 spiro atoms. The van der Waals surface area contributed by atoms with Crippen molar-refractivity contribution in [2.45, 2.75) is 36.7 Å². The predicted octanol–water partition coefficient (Wildman–Crippen LogP) is 9.19. The Morgan fingerprint density at radius 3 is 1.98 bits per heavy atom. The van der Waals surface area contributed by atoms with Gasteiger partial charge < -0.3 is 14.2 Å². The topological polar surface area (TPSA) is 27.7 Å². The lowest BCUT2D eigenvalue weighted by atomic mass is 9.73. The van der Waals surface area contributed by atoms with E-state index in [4.69, 9.17) is 14.2 Å². The summed E-state index contributed by atoms with van der Waals surface area (Å²) in [7, 11) is 3.36. The third-order valence-corrected chi connectivity index (χ3v) is 9.69. The Morgan fingerprint density at radius 1 is 0.738 bits per heavy atom. The highest BCUT2D eigenvalue weighted by molar-refractivity contribution is 6.08. The highest BCUT2D eigenvalue weighted by atomic mass is 19.1. The summed E-state index contributed by atoms with van der Waals surface area (Å²) in [6, 6.07) is 30.1. The van der Waals surface area contributed by atoms with Gasteiger partial charge in [0.25, 0.3) is 0 Å². The van der Waals surface area contributed by atoms with Crippen LogP contribution in [0.2, 0.25) is 0 Å². The van der Waals surface area contributed by atoms with Gasteiger partial charge in [0, 0.05) is 27.5 Å². The molecule has 8 rings (SSSR count). The van der Waals surface area contributed by atoms with Crippen LogP contribution in [0, 0.1) is 5.82 Å². The second-order valence-electron chi connectivity index (χ2n) is 11.6. The van der Waals surface area contributed by atoms with Crippen LogP contribution in [-0.2, 0) is 11.0 Å². The SMILES string of the molecule is COc1ccc(C2(c3ccc(OC)cc3)C=Cc3c4c(c5ccccc5c3O2)-c2ccc(F)cc2C42CCCC2)cc1. The highest BCUT2D eigenvalue weighted by Gasteiger charge is 2.49. The summed E-state index contributed by atoms with van der Waals surface area (Å²) in [5, 5.41) is 2.21. The molecule has 0 N–H and O–H groups in total. The van der Waals surface area contributed by atoms with Crippen molar-refractivity contribution < 1.29 is 18.6 Å². The van der Waals surface area contributed by atoms with E-state index < -0.39 is 5.60 Å². The van der Waals surface area contributed by atoms with Gasteiger partial charge in [-0.05, 0) is 83.0 Å². The van der Waals surface area contributed by atoms with Crippen LogP contribution in [-0.4, -0.2) is 14.2 Å². The molecule has 0 amide bonds. The summed E-state index contributed by atoms with van der Waals surface area (Å²) in [6.07, 6.45) is 8.74. The molecule has 1 aliphatic heterocycles. The first-order valence-corrected chi connectivity index (χ1v) is 14.6. The van der Waals surface area contributed by atoms with Crippen LogP contribution in [0.1, 0.15) is 53.5 Å². The molecule has 3 aliphatic rings. The number of methoxy groups -OCH3 is 2. The zero-order chi connectivity index (χ0) is 28.5. The summed E-state index contributed by atoms with van der Waals surface area (Å²) >= 11 is 0. The number of benzene rings is 5. The highest BCUT2D eigenvalue weighted by Crippen LogP contribution is 2.62. The Bertz CT molecular complexity index is 1830. The molecule has 1 heterocycles. The average molecular weight is 555 g/mol. The third kappa shape index (κ3) is 3.38. The van der Waals surface area contributed by atoms with Crippen molar-refractivity contribution in [3.05, 3.63) is 131 Å². The van der Waals surface area contributed by atoms with Crippen molar-refractivity contribution in [3.8, 4) is 28.4 Å². The number of hydrogen-bond acceptors (Lipinski definition) is 3. The molecular weight excluding hydrogens is 523 g/mol. The quantitative estimate of drug-likeness (QED) is 0.222. The molecule has 0 atom stereocenters. The molecule has 0 radical (unpaired) electrons. The Labute approximate surface area is 245 Å². The van der Waals surface area contributed by atoms with Crippen LogP contribution in [0.5, 0.6) is 17.2 Å². The predicted molar refractivity (Wildman–Crippen MR) is 165 cm³/mol. The van der Waals surface area contributed by atoms with Gasteiger partial charge in [-0.3, -0.25) is 0 Å². The summed E-state index contributed by atoms with van der Waals surface area (Å²) in [6.45, 7) is 0. The maximum Gasteiger partial charge on any atom is 0.178 e. The normalized spacial score (nSPS) is 17.0. The van der Waals surface area contributed by atoms with Crippen molar-refractivity contribution in [3.63, 3.8) is 0 Å². The third-order valence-electron chi connectivity index (χ3n) is 9.69. The van der Waals surface area contributed by atoms with E-state index >= 15 is 0 Å². The fourth-order valence-electron chi connectivity index (χ4n) is 7.79. The van der Waals surface area contributed by atoms with E-state index in [0.717, 1.165) is 81.5 Å². The molecule has 1 fully saturated rings. The molecule has 1 saturated carbocycles. The first kappa shape index (κ1) is 25.2. The largest absolute Gasteiger partial charge is 0.497 e. The Kier molecular flexibility index (Phi) is 5.52. The van der Waals surface area contributed by atoms with E-state index in [1.54, 1.807) is 26.4 Å². The molecular formula is C38H31FO3. The Hall–Kier alpha value is -4.57. The van der Waals surface area contributed by atoms with Gasteiger partial charge in [-0.2, -0.15) is 0 Å². The summed E-state index contributed by atoms with van der Waals surface area (Å²) in [5.41, 5.74) is 6.84. The van der Waals surface area contributed by atoms with E-state index in [9.17, 15) is 4.39 Å². The maximum absolute atomic E-state index is 14.8. The molecule has 0 bridgehead atoms. The zero-order valence-corrected chi connectivity index (χ0v) is 23.7. The molecule has 0 saturated heterocycles. The van der Waals surface area contributed by atoms with Crippen LogP contribution < -0.4 is 14.2 Å². The molecule has 42 heavy (non-hydrogen) atoms. The second-order valence-corrected chi connectivity index (χ2v) is 11.6. The first-order valence-electron chi connectivity index (χ1n) is 14.6.